The highest BCUT2D eigenvalue weighted by Crippen LogP contribution is 2.39. The van der Waals surface area contributed by atoms with Gasteiger partial charge in [0, 0.05) is 11.3 Å². The van der Waals surface area contributed by atoms with E-state index in [4.69, 9.17) is 12.2 Å². The largest absolute Gasteiger partial charge is 0.323 e. The number of hydrogen-bond acceptors (Lipinski definition) is 4. The molecule has 2 N–H and O–H groups in total. The first-order valence-corrected chi connectivity index (χ1v) is 8.93. The number of nitrogens with zero attached hydrogens (tertiary/aromatic N) is 1. The van der Waals surface area contributed by atoms with Gasteiger partial charge in [0.1, 0.15) is 11.1 Å². The molecule has 0 aliphatic heterocycles. The van der Waals surface area contributed by atoms with Gasteiger partial charge in [0.15, 0.2) is 5.11 Å². The van der Waals surface area contributed by atoms with E-state index in [1.54, 1.807) is 11.3 Å². The van der Waals surface area contributed by atoms with E-state index in [1.165, 1.54) is 4.88 Å². The lowest BCUT2D eigenvalue weighted by molar-refractivity contribution is -0.119. The molecule has 0 fully saturated rings. The standard InChI is InChI=1S/C16H21N3OS2/c1-3-4-5-14(20)18-16(21)19-15-12(9-17)11-7-6-10(2)8-13(11)22-15/h10H,3-8H2,1-2H3,(H2,18,19,20,21)/t10-/m0/s1. The molecule has 0 bridgehead atoms. The smallest absolute Gasteiger partial charge is 0.226 e. The first kappa shape index (κ1) is 16.9. The molecule has 4 nitrogen and oxygen atoms in total. The van der Waals surface area contributed by atoms with Crippen LogP contribution < -0.4 is 10.6 Å². The lowest BCUT2D eigenvalue weighted by Gasteiger charge is -2.17. The molecule has 1 aliphatic carbocycles. The van der Waals surface area contributed by atoms with E-state index in [-0.39, 0.29) is 11.0 Å². The van der Waals surface area contributed by atoms with Gasteiger partial charge in [-0.1, -0.05) is 20.3 Å². The van der Waals surface area contributed by atoms with Crippen LogP contribution >= 0.6 is 23.6 Å². The highest BCUT2D eigenvalue weighted by atomic mass is 32.1. The average molecular weight is 335 g/mol. The number of thiophene rings is 1. The van der Waals surface area contributed by atoms with Crippen molar-refractivity contribution in [1.29, 1.82) is 5.26 Å². The first-order valence-electron chi connectivity index (χ1n) is 7.70. The molecule has 2 rings (SSSR count). The summed E-state index contributed by atoms with van der Waals surface area (Å²) in [7, 11) is 0. The number of thiocarbonyl (C=S) groups is 1. The number of anilines is 1. The molecule has 0 aromatic carbocycles. The predicted octanol–water partition coefficient (Wildman–Crippen LogP) is 3.75. The lowest BCUT2D eigenvalue weighted by atomic mass is 9.89. The Morgan fingerprint density at radius 1 is 1.55 bits per heavy atom. The third-order valence-corrected chi connectivity index (χ3v) is 5.23. The molecule has 1 heterocycles. The van der Waals surface area contributed by atoms with Crippen LogP contribution in [0.2, 0.25) is 0 Å². The Kier molecular flexibility index (Phi) is 5.92. The number of unbranched alkanes of at least 4 members (excludes halogenated alkanes) is 1. The topological polar surface area (TPSA) is 64.9 Å². The van der Waals surface area contributed by atoms with Crippen LogP contribution in [0.1, 0.15) is 55.5 Å². The number of amides is 1. The van der Waals surface area contributed by atoms with Crippen molar-refractivity contribution < 1.29 is 4.79 Å². The van der Waals surface area contributed by atoms with Crippen LogP contribution in [-0.4, -0.2) is 11.0 Å². The second kappa shape index (κ2) is 7.70. The molecule has 0 spiro atoms. The van der Waals surface area contributed by atoms with Crippen LogP contribution in [0.4, 0.5) is 5.00 Å². The summed E-state index contributed by atoms with van der Waals surface area (Å²) in [5.74, 6) is 0.582. The van der Waals surface area contributed by atoms with Crippen molar-refractivity contribution in [2.75, 3.05) is 5.32 Å². The zero-order valence-corrected chi connectivity index (χ0v) is 14.6. The predicted molar refractivity (Wildman–Crippen MR) is 94.1 cm³/mol. The number of rotatable bonds is 4. The van der Waals surface area contributed by atoms with Gasteiger partial charge < -0.3 is 10.6 Å². The van der Waals surface area contributed by atoms with Crippen molar-refractivity contribution in [3.05, 3.63) is 16.0 Å². The van der Waals surface area contributed by atoms with Crippen LogP contribution in [0.5, 0.6) is 0 Å². The third kappa shape index (κ3) is 4.05. The molecule has 0 saturated carbocycles. The maximum Gasteiger partial charge on any atom is 0.226 e. The Labute approximate surface area is 140 Å². The molecular formula is C16H21N3OS2. The summed E-state index contributed by atoms with van der Waals surface area (Å²) in [5.41, 5.74) is 1.85. The molecule has 22 heavy (non-hydrogen) atoms. The van der Waals surface area contributed by atoms with E-state index in [0.29, 0.717) is 17.9 Å². The third-order valence-electron chi connectivity index (χ3n) is 3.86. The molecule has 1 amide bonds. The normalized spacial score (nSPS) is 16.5. The van der Waals surface area contributed by atoms with Gasteiger partial charge >= 0.3 is 0 Å². The number of nitrogens with one attached hydrogen (secondary N) is 2. The summed E-state index contributed by atoms with van der Waals surface area (Å²) in [6, 6.07) is 2.29. The first-order chi connectivity index (χ1) is 10.5. The van der Waals surface area contributed by atoms with Gasteiger partial charge in [0.05, 0.1) is 5.56 Å². The molecule has 118 valence electrons. The molecule has 1 aromatic heterocycles. The minimum absolute atomic E-state index is 0.0761. The number of hydrogen-bond donors (Lipinski definition) is 2. The molecule has 0 radical (unpaired) electrons. The molecule has 1 atom stereocenters. The van der Waals surface area contributed by atoms with Crippen molar-refractivity contribution in [3.63, 3.8) is 0 Å². The second-order valence-corrected chi connectivity index (χ2v) is 7.29. The zero-order chi connectivity index (χ0) is 16.1. The molecule has 1 aromatic rings. The van der Waals surface area contributed by atoms with Gasteiger partial charge in [-0.2, -0.15) is 5.26 Å². The summed E-state index contributed by atoms with van der Waals surface area (Å²) < 4.78 is 0. The minimum atomic E-state index is -0.0761. The Hall–Kier alpha value is -1.45. The van der Waals surface area contributed by atoms with Crippen molar-refractivity contribution in [2.24, 2.45) is 5.92 Å². The van der Waals surface area contributed by atoms with E-state index in [9.17, 15) is 10.1 Å². The molecule has 1 aliphatic rings. The van der Waals surface area contributed by atoms with Crippen molar-refractivity contribution in [2.45, 2.75) is 52.4 Å². The van der Waals surface area contributed by atoms with E-state index >= 15 is 0 Å². The van der Waals surface area contributed by atoms with Gasteiger partial charge in [-0.25, -0.2) is 0 Å². The monoisotopic (exact) mass is 335 g/mol. The summed E-state index contributed by atoms with van der Waals surface area (Å²) >= 11 is 6.78. The van der Waals surface area contributed by atoms with Crippen molar-refractivity contribution >= 4 is 39.6 Å². The van der Waals surface area contributed by atoms with E-state index in [0.717, 1.165) is 42.7 Å². The van der Waals surface area contributed by atoms with Gasteiger partial charge in [0.2, 0.25) is 5.91 Å². The van der Waals surface area contributed by atoms with Gasteiger partial charge in [0.25, 0.3) is 0 Å². The quantitative estimate of drug-likeness (QED) is 0.823. The van der Waals surface area contributed by atoms with Crippen LogP contribution in [0.15, 0.2) is 0 Å². The summed E-state index contributed by atoms with van der Waals surface area (Å²) in [6.07, 6.45) is 5.39. The summed E-state index contributed by atoms with van der Waals surface area (Å²) in [5, 5.41) is 16.2. The zero-order valence-electron chi connectivity index (χ0n) is 13.0. The SMILES string of the molecule is CCCCC(=O)NC(=S)Nc1sc2c(c1C#N)CC[C@H](C)C2. The second-order valence-electron chi connectivity index (χ2n) is 5.77. The van der Waals surface area contributed by atoms with Crippen LogP contribution in [0.25, 0.3) is 0 Å². The fraction of sp³-hybridized carbons (Fsp3) is 0.562. The number of carbonyl (C=O) groups is 1. The maximum absolute atomic E-state index is 11.7. The molecular weight excluding hydrogens is 314 g/mol. The van der Waals surface area contributed by atoms with Gasteiger partial charge in [-0.3, -0.25) is 4.79 Å². The molecule has 0 unspecified atom stereocenters. The number of nitriles is 1. The number of fused-ring (bicyclic) bond motifs is 1. The van der Waals surface area contributed by atoms with Gasteiger partial charge in [-0.15, -0.1) is 11.3 Å². The van der Waals surface area contributed by atoms with Crippen LogP contribution in [0.3, 0.4) is 0 Å². The average Bonchev–Trinajstić information content (AvgIpc) is 2.80. The maximum atomic E-state index is 11.7. The van der Waals surface area contributed by atoms with Crippen LogP contribution in [0, 0.1) is 17.2 Å². The minimum Gasteiger partial charge on any atom is -0.323 e. The van der Waals surface area contributed by atoms with E-state index < -0.39 is 0 Å². The van der Waals surface area contributed by atoms with E-state index in [1.807, 2.05) is 6.92 Å². The lowest BCUT2D eigenvalue weighted by Crippen LogP contribution is -2.33. The van der Waals surface area contributed by atoms with Crippen LogP contribution in [-0.2, 0) is 17.6 Å². The Bertz CT molecular complexity index is 616. The van der Waals surface area contributed by atoms with Crippen molar-refractivity contribution in [1.82, 2.24) is 5.32 Å². The highest BCUT2D eigenvalue weighted by Gasteiger charge is 2.24. The Morgan fingerprint density at radius 2 is 2.32 bits per heavy atom. The summed E-state index contributed by atoms with van der Waals surface area (Å²) in [6.45, 7) is 4.28. The summed E-state index contributed by atoms with van der Waals surface area (Å²) in [4.78, 5) is 13.0. The van der Waals surface area contributed by atoms with Crippen molar-refractivity contribution in [3.8, 4) is 6.07 Å². The molecule has 6 heteroatoms. The highest BCUT2D eigenvalue weighted by molar-refractivity contribution is 7.80. The Balaban J connectivity index is 2.05. The molecule has 0 saturated heterocycles. The van der Waals surface area contributed by atoms with E-state index in [2.05, 4.69) is 23.6 Å². The number of carbonyl (C=O) groups excluding carboxylic acids is 1. The Morgan fingerprint density at radius 3 is 3.00 bits per heavy atom. The fourth-order valence-corrected chi connectivity index (χ4v) is 4.26. The fourth-order valence-electron chi connectivity index (χ4n) is 2.62. The van der Waals surface area contributed by atoms with Gasteiger partial charge in [-0.05, 0) is 49.4 Å².